The molecule has 0 fully saturated rings. The molecule has 0 bridgehead atoms. The van der Waals surface area contributed by atoms with Crippen molar-refractivity contribution >= 4 is 0 Å². The first-order valence-electron chi connectivity index (χ1n) is 4.09. The average molecular weight is 156 g/mol. The Kier molecular flexibility index (Phi) is 2.55. The standard InChI is InChI=1S/C9H16O2/c1-9(2,7-10)8-4-3-5-11-6-8/h6,10H,3-5,7H2,1-2H3. The molecule has 0 atom stereocenters. The summed E-state index contributed by atoms with van der Waals surface area (Å²) in [5.74, 6) is 0. The van der Waals surface area contributed by atoms with Gasteiger partial charge in [0.15, 0.2) is 0 Å². The fourth-order valence-electron chi connectivity index (χ4n) is 1.16. The van der Waals surface area contributed by atoms with Crippen molar-refractivity contribution < 1.29 is 9.84 Å². The first-order chi connectivity index (χ1) is 5.17. The van der Waals surface area contributed by atoms with Crippen LogP contribution in [0.4, 0.5) is 0 Å². The van der Waals surface area contributed by atoms with Crippen LogP contribution in [0, 0.1) is 5.41 Å². The van der Waals surface area contributed by atoms with Crippen molar-refractivity contribution in [3.63, 3.8) is 0 Å². The highest BCUT2D eigenvalue weighted by Gasteiger charge is 2.23. The monoisotopic (exact) mass is 156 g/mol. The molecule has 0 radical (unpaired) electrons. The van der Waals surface area contributed by atoms with E-state index in [1.165, 1.54) is 5.57 Å². The lowest BCUT2D eigenvalue weighted by molar-refractivity contribution is 0.159. The fourth-order valence-corrected chi connectivity index (χ4v) is 1.16. The van der Waals surface area contributed by atoms with E-state index >= 15 is 0 Å². The van der Waals surface area contributed by atoms with Crippen LogP contribution in [0.2, 0.25) is 0 Å². The maximum atomic E-state index is 9.05. The van der Waals surface area contributed by atoms with Gasteiger partial charge in [0.25, 0.3) is 0 Å². The Morgan fingerprint density at radius 3 is 2.82 bits per heavy atom. The van der Waals surface area contributed by atoms with Crippen molar-refractivity contribution in [2.75, 3.05) is 13.2 Å². The maximum Gasteiger partial charge on any atom is 0.0876 e. The highest BCUT2D eigenvalue weighted by Crippen LogP contribution is 2.30. The smallest absolute Gasteiger partial charge is 0.0876 e. The van der Waals surface area contributed by atoms with Gasteiger partial charge in [0.05, 0.1) is 19.5 Å². The number of ether oxygens (including phenoxy) is 1. The van der Waals surface area contributed by atoms with Crippen LogP contribution >= 0.6 is 0 Å². The van der Waals surface area contributed by atoms with Gasteiger partial charge in [-0.1, -0.05) is 13.8 Å². The molecule has 1 heterocycles. The van der Waals surface area contributed by atoms with E-state index in [4.69, 9.17) is 9.84 Å². The minimum atomic E-state index is -0.0968. The molecule has 2 nitrogen and oxygen atoms in total. The van der Waals surface area contributed by atoms with Gasteiger partial charge in [-0.3, -0.25) is 0 Å². The largest absolute Gasteiger partial charge is 0.501 e. The molecule has 1 N–H and O–H groups in total. The van der Waals surface area contributed by atoms with Gasteiger partial charge in [0, 0.05) is 5.41 Å². The van der Waals surface area contributed by atoms with E-state index in [0.29, 0.717) is 0 Å². The topological polar surface area (TPSA) is 29.5 Å². The highest BCUT2D eigenvalue weighted by molar-refractivity contribution is 5.10. The van der Waals surface area contributed by atoms with Crippen LogP contribution < -0.4 is 0 Å². The summed E-state index contributed by atoms with van der Waals surface area (Å²) in [5.41, 5.74) is 1.13. The highest BCUT2D eigenvalue weighted by atomic mass is 16.5. The summed E-state index contributed by atoms with van der Waals surface area (Å²) in [4.78, 5) is 0. The number of rotatable bonds is 2. The van der Waals surface area contributed by atoms with Crippen molar-refractivity contribution in [2.24, 2.45) is 5.41 Å². The maximum absolute atomic E-state index is 9.05. The minimum Gasteiger partial charge on any atom is -0.501 e. The predicted octanol–water partition coefficient (Wildman–Crippen LogP) is 1.70. The molecule has 11 heavy (non-hydrogen) atoms. The molecule has 0 unspecified atom stereocenters. The van der Waals surface area contributed by atoms with Crippen LogP contribution in [0.25, 0.3) is 0 Å². The fraction of sp³-hybridized carbons (Fsp3) is 0.778. The molecular weight excluding hydrogens is 140 g/mol. The number of aliphatic hydroxyl groups excluding tert-OH is 1. The second-order valence-electron chi connectivity index (χ2n) is 3.66. The van der Waals surface area contributed by atoms with Gasteiger partial charge >= 0.3 is 0 Å². The summed E-state index contributed by atoms with van der Waals surface area (Å²) in [5, 5.41) is 9.05. The van der Waals surface area contributed by atoms with E-state index in [9.17, 15) is 0 Å². The Morgan fingerprint density at radius 1 is 1.64 bits per heavy atom. The van der Waals surface area contributed by atoms with Gasteiger partial charge in [-0.2, -0.15) is 0 Å². The van der Waals surface area contributed by atoms with Gasteiger partial charge in [-0.05, 0) is 18.4 Å². The van der Waals surface area contributed by atoms with Crippen LogP contribution in [-0.2, 0) is 4.74 Å². The van der Waals surface area contributed by atoms with Gasteiger partial charge < -0.3 is 9.84 Å². The molecule has 1 rings (SSSR count). The summed E-state index contributed by atoms with van der Waals surface area (Å²) < 4.78 is 5.20. The Balaban J connectivity index is 2.64. The summed E-state index contributed by atoms with van der Waals surface area (Å²) in [6.45, 7) is 5.09. The molecule has 1 aliphatic rings. The van der Waals surface area contributed by atoms with Crippen LogP contribution in [0.1, 0.15) is 26.7 Å². The molecule has 2 heteroatoms. The third-order valence-electron chi connectivity index (χ3n) is 2.20. The lowest BCUT2D eigenvalue weighted by Crippen LogP contribution is -2.22. The summed E-state index contributed by atoms with van der Waals surface area (Å²) >= 11 is 0. The summed E-state index contributed by atoms with van der Waals surface area (Å²) in [6, 6.07) is 0. The first-order valence-corrected chi connectivity index (χ1v) is 4.09. The normalized spacial score (nSPS) is 19.0. The molecule has 0 aromatic heterocycles. The summed E-state index contributed by atoms with van der Waals surface area (Å²) in [6.07, 6.45) is 3.95. The Bertz CT molecular complexity index is 159. The molecular formula is C9H16O2. The van der Waals surface area contributed by atoms with E-state index in [2.05, 4.69) is 0 Å². The Labute approximate surface area is 67.9 Å². The zero-order valence-corrected chi connectivity index (χ0v) is 7.26. The molecule has 64 valence electrons. The molecule has 0 amide bonds. The van der Waals surface area contributed by atoms with Crippen LogP contribution in [0.3, 0.4) is 0 Å². The molecule has 1 aliphatic heterocycles. The number of hydrogen-bond donors (Lipinski definition) is 1. The van der Waals surface area contributed by atoms with Crippen molar-refractivity contribution in [3.05, 3.63) is 11.8 Å². The van der Waals surface area contributed by atoms with Crippen molar-refractivity contribution in [3.8, 4) is 0 Å². The van der Waals surface area contributed by atoms with Crippen molar-refractivity contribution in [1.82, 2.24) is 0 Å². The lowest BCUT2D eigenvalue weighted by atomic mass is 9.83. The average Bonchev–Trinajstić information content (AvgIpc) is 2.06. The van der Waals surface area contributed by atoms with Crippen LogP contribution in [0.15, 0.2) is 11.8 Å². The SMILES string of the molecule is CC(C)(CO)C1=COCCC1. The van der Waals surface area contributed by atoms with Gasteiger partial charge in [-0.25, -0.2) is 0 Å². The lowest BCUT2D eigenvalue weighted by Gasteiger charge is -2.27. The third kappa shape index (κ3) is 1.96. The van der Waals surface area contributed by atoms with E-state index in [1.807, 2.05) is 13.8 Å². The quantitative estimate of drug-likeness (QED) is 0.659. The molecule has 0 spiro atoms. The minimum absolute atomic E-state index is 0.0968. The molecule has 0 aliphatic carbocycles. The third-order valence-corrected chi connectivity index (χ3v) is 2.20. The second kappa shape index (κ2) is 3.26. The molecule has 0 aromatic rings. The van der Waals surface area contributed by atoms with E-state index in [1.54, 1.807) is 6.26 Å². The van der Waals surface area contributed by atoms with Crippen LogP contribution in [0.5, 0.6) is 0 Å². The van der Waals surface area contributed by atoms with Crippen molar-refractivity contribution in [2.45, 2.75) is 26.7 Å². The van der Waals surface area contributed by atoms with E-state index in [0.717, 1.165) is 19.4 Å². The Morgan fingerprint density at radius 2 is 2.36 bits per heavy atom. The molecule has 0 aromatic carbocycles. The van der Waals surface area contributed by atoms with Gasteiger partial charge in [0.1, 0.15) is 0 Å². The van der Waals surface area contributed by atoms with Gasteiger partial charge in [0.2, 0.25) is 0 Å². The molecule has 0 saturated carbocycles. The zero-order valence-electron chi connectivity index (χ0n) is 7.26. The van der Waals surface area contributed by atoms with E-state index in [-0.39, 0.29) is 12.0 Å². The second-order valence-corrected chi connectivity index (χ2v) is 3.66. The molecule has 0 saturated heterocycles. The van der Waals surface area contributed by atoms with Gasteiger partial charge in [-0.15, -0.1) is 0 Å². The number of aliphatic hydroxyl groups is 1. The first kappa shape index (κ1) is 8.60. The predicted molar refractivity (Wildman–Crippen MR) is 44.1 cm³/mol. The van der Waals surface area contributed by atoms with E-state index < -0.39 is 0 Å². The Hall–Kier alpha value is -0.500. The van der Waals surface area contributed by atoms with Crippen LogP contribution in [-0.4, -0.2) is 18.3 Å². The number of hydrogen-bond acceptors (Lipinski definition) is 2. The summed E-state index contributed by atoms with van der Waals surface area (Å²) in [7, 11) is 0. The van der Waals surface area contributed by atoms with Crippen molar-refractivity contribution in [1.29, 1.82) is 0 Å². The zero-order chi connectivity index (χ0) is 8.32.